The third-order valence-corrected chi connectivity index (χ3v) is 4.11. The van der Waals surface area contributed by atoms with E-state index in [4.69, 9.17) is 16.3 Å². The van der Waals surface area contributed by atoms with E-state index in [2.05, 4.69) is 31.0 Å². The molecule has 0 bridgehead atoms. The summed E-state index contributed by atoms with van der Waals surface area (Å²) in [5, 5.41) is 3.50. The van der Waals surface area contributed by atoms with Crippen molar-refractivity contribution in [2.45, 2.75) is 45.8 Å². The van der Waals surface area contributed by atoms with Crippen LogP contribution >= 0.6 is 11.6 Å². The van der Waals surface area contributed by atoms with Gasteiger partial charge in [0, 0.05) is 31.6 Å². The number of nitrogens with one attached hydrogen (secondary N) is 1. The molecule has 0 aliphatic carbocycles. The van der Waals surface area contributed by atoms with Crippen molar-refractivity contribution >= 4 is 11.6 Å². The monoisotopic (exact) mass is 276 g/mol. The van der Waals surface area contributed by atoms with E-state index in [1.54, 1.807) is 0 Å². The van der Waals surface area contributed by atoms with Crippen LogP contribution in [-0.2, 0) is 4.74 Å². The van der Waals surface area contributed by atoms with Crippen molar-refractivity contribution in [3.8, 4) is 0 Å². The summed E-state index contributed by atoms with van der Waals surface area (Å²) in [6, 6.07) is 0.626. The molecule has 18 heavy (non-hydrogen) atoms. The van der Waals surface area contributed by atoms with Gasteiger partial charge in [0.2, 0.25) is 0 Å². The van der Waals surface area contributed by atoms with Crippen LogP contribution in [0.25, 0.3) is 0 Å². The van der Waals surface area contributed by atoms with Crippen LogP contribution in [0, 0.1) is 5.92 Å². The van der Waals surface area contributed by atoms with E-state index in [9.17, 15) is 0 Å². The molecule has 0 aromatic heterocycles. The molecule has 2 unspecified atom stereocenters. The molecule has 1 saturated heterocycles. The number of alkyl halides is 1. The minimum atomic E-state index is 0.353. The summed E-state index contributed by atoms with van der Waals surface area (Å²) in [6.07, 6.45) is 2.76. The van der Waals surface area contributed by atoms with Crippen LogP contribution in [0.3, 0.4) is 0 Å². The summed E-state index contributed by atoms with van der Waals surface area (Å²) in [4.78, 5) is 2.49. The molecule has 1 heterocycles. The van der Waals surface area contributed by atoms with Gasteiger partial charge in [-0.1, -0.05) is 6.92 Å². The highest BCUT2D eigenvalue weighted by Crippen LogP contribution is 2.09. The summed E-state index contributed by atoms with van der Waals surface area (Å²) in [6.45, 7) is 11.8. The van der Waals surface area contributed by atoms with Crippen molar-refractivity contribution < 1.29 is 4.74 Å². The zero-order valence-corrected chi connectivity index (χ0v) is 12.9. The van der Waals surface area contributed by atoms with Crippen molar-refractivity contribution in [3.05, 3.63) is 0 Å². The number of morpholine rings is 1. The SMILES string of the molecule is CC(CCl)CCCNCC1CN(C(C)C)CCO1. The lowest BCUT2D eigenvalue weighted by Crippen LogP contribution is -2.49. The van der Waals surface area contributed by atoms with E-state index >= 15 is 0 Å². The van der Waals surface area contributed by atoms with Crippen LogP contribution in [-0.4, -0.2) is 55.7 Å². The molecule has 1 N–H and O–H groups in total. The maximum Gasteiger partial charge on any atom is 0.0826 e. The minimum absolute atomic E-state index is 0.353. The van der Waals surface area contributed by atoms with Gasteiger partial charge in [-0.2, -0.15) is 0 Å². The Bertz CT molecular complexity index is 214. The second-order valence-corrected chi connectivity index (χ2v) is 6.00. The Hall–Kier alpha value is 0.170. The Morgan fingerprint density at radius 1 is 1.39 bits per heavy atom. The molecule has 0 radical (unpaired) electrons. The smallest absolute Gasteiger partial charge is 0.0826 e. The van der Waals surface area contributed by atoms with E-state index in [1.807, 2.05) is 0 Å². The molecule has 0 aromatic carbocycles. The fraction of sp³-hybridized carbons (Fsp3) is 1.00. The molecule has 1 aliphatic rings. The van der Waals surface area contributed by atoms with Crippen LogP contribution in [0.2, 0.25) is 0 Å². The number of halogens is 1. The van der Waals surface area contributed by atoms with Gasteiger partial charge in [0.15, 0.2) is 0 Å². The third kappa shape index (κ3) is 6.37. The number of ether oxygens (including phenoxy) is 1. The summed E-state index contributed by atoms with van der Waals surface area (Å²) < 4.78 is 5.78. The second kappa shape index (κ2) is 9.13. The maximum atomic E-state index is 5.79. The Kier molecular flexibility index (Phi) is 8.23. The first-order valence-electron chi connectivity index (χ1n) is 7.25. The van der Waals surface area contributed by atoms with Gasteiger partial charge in [0.05, 0.1) is 12.7 Å². The van der Waals surface area contributed by atoms with Crippen LogP contribution in [0.15, 0.2) is 0 Å². The van der Waals surface area contributed by atoms with Gasteiger partial charge >= 0.3 is 0 Å². The average Bonchev–Trinajstić information content (AvgIpc) is 2.38. The minimum Gasteiger partial charge on any atom is -0.374 e. The van der Waals surface area contributed by atoms with Gasteiger partial charge in [-0.25, -0.2) is 0 Å². The maximum absolute atomic E-state index is 5.79. The van der Waals surface area contributed by atoms with Gasteiger partial charge < -0.3 is 10.1 Å². The van der Waals surface area contributed by atoms with Gasteiger partial charge in [-0.3, -0.25) is 4.90 Å². The first-order valence-corrected chi connectivity index (χ1v) is 7.79. The van der Waals surface area contributed by atoms with Crippen LogP contribution in [0.1, 0.15) is 33.6 Å². The zero-order valence-electron chi connectivity index (χ0n) is 12.1. The largest absolute Gasteiger partial charge is 0.374 e. The second-order valence-electron chi connectivity index (χ2n) is 5.69. The van der Waals surface area contributed by atoms with E-state index in [0.717, 1.165) is 38.7 Å². The Morgan fingerprint density at radius 3 is 2.83 bits per heavy atom. The Labute approximate surface area is 117 Å². The number of hydrogen-bond acceptors (Lipinski definition) is 3. The quantitative estimate of drug-likeness (QED) is 0.544. The lowest BCUT2D eigenvalue weighted by atomic mass is 10.1. The topological polar surface area (TPSA) is 24.5 Å². The molecule has 1 aliphatic heterocycles. The third-order valence-electron chi connectivity index (χ3n) is 3.59. The lowest BCUT2D eigenvalue weighted by Gasteiger charge is -2.35. The molecule has 1 rings (SSSR count). The number of hydrogen-bond donors (Lipinski definition) is 1. The van der Waals surface area contributed by atoms with Crippen LogP contribution in [0.5, 0.6) is 0 Å². The molecule has 0 saturated carbocycles. The van der Waals surface area contributed by atoms with Crippen molar-refractivity contribution in [1.82, 2.24) is 10.2 Å². The normalized spacial score (nSPS) is 23.5. The molecule has 3 nitrogen and oxygen atoms in total. The van der Waals surface area contributed by atoms with Crippen LogP contribution < -0.4 is 5.32 Å². The van der Waals surface area contributed by atoms with Gasteiger partial charge in [0.25, 0.3) is 0 Å². The summed E-state index contributed by atoms with van der Waals surface area (Å²) in [7, 11) is 0. The predicted octanol–water partition coefficient (Wildman–Crippen LogP) is 2.34. The van der Waals surface area contributed by atoms with Crippen molar-refractivity contribution in [1.29, 1.82) is 0 Å². The molecule has 1 fully saturated rings. The van der Waals surface area contributed by atoms with Crippen molar-refractivity contribution in [2.75, 3.05) is 38.7 Å². The molecule has 0 aromatic rings. The Balaban J connectivity index is 2.05. The number of nitrogens with zero attached hydrogens (tertiary/aromatic N) is 1. The molecule has 0 spiro atoms. The molecule has 0 amide bonds. The molecule has 108 valence electrons. The highest BCUT2D eigenvalue weighted by molar-refractivity contribution is 6.18. The fourth-order valence-corrected chi connectivity index (χ4v) is 2.40. The molecule has 4 heteroatoms. The van der Waals surface area contributed by atoms with Gasteiger partial charge in [-0.15, -0.1) is 11.6 Å². The summed E-state index contributed by atoms with van der Waals surface area (Å²) >= 11 is 5.79. The first-order chi connectivity index (χ1) is 8.63. The average molecular weight is 277 g/mol. The lowest BCUT2D eigenvalue weighted by molar-refractivity contribution is -0.0370. The molecular weight excluding hydrogens is 248 g/mol. The fourth-order valence-electron chi connectivity index (χ4n) is 2.25. The molecular formula is C14H29ClN2O. The first kappa shape index (κ1) is 16.2. The van der Waals surface area contributed by atoms with Gasteiger partial charge in [-0.05, 0) is 39.2 Å². The van der Waals surface area contributed by atoms with Crippen LogP contribution in [0.4, 0.5) is 0 Å². The predicted molar refractivity (Wildman–Crippen MR) is 78.4 cm³/mol. The van der Waals surface area contributed by atoms with Crippen molar-refractivity contribution in [3.63, 3.8) is 0 Å². The van der Waals surface area contributed by atoms with E-state index in [0.29, 0.717) is 18.1 Å². The van der Waals surface area contributed by atoms with Crippen molar-refractivity contribution in [2.24, 2.45) is 5.92 Å². The van der Waals surface area contributed by atoms with E-state index in [1.165, 1.54) is 12.8 Å². The van der Waals surface area contributed by atoms with E-state index in [-0.39, 0.29) is 0 Å². The highest BCUT2D eigenvalue weighted by atomic mass is 35.5. The Morgan fingerprint density at radius 2 is 2.17 bits per heavy atom. The standard InChI is InChI=1S/C14H29ClN2O/c1-12(2)17-7-8-18-14(11-17)10-16-6-4-5-13(3)9-15/h12-14,16H,4-11H2,1-3H3. The summed E-state index contributed by atoms with van der Waals surface area (Å²) in [5.41, 5.74) is 0. The van der Waals surface area contributed by atoms with E-state index < -0.39 is 0 Å². The zero-order chi connectivity index (χ0) is 13.4. The highest BCUT2D eigenvalue weighted by Gasteiger charge is 2.21. The number of rotatable bonds is 8. The summed E-state index contributed by atoms with van der Waals surface area (Å²) in [5.74, 6) is 1.41. The molecule has 2 atom stereocenters. The van der Waals surface area contributed by atoms with Gasteiger partial charge in [0.1, 0.15) is 0 Å².